The molecule has 66 valence electrons. The summed E-state index contributed by atoms with van der Waals surface area (Å²) in [4.78, 5) is 4.00. The van der Waals surface area contributed by atoms with Crippen molar-refractivity contribution in [3.05, 3.63) is 29.0 Å². The van der Waals surface area contributed by atoms with Crippen LogP contribution in [0.1, 0.15) is 19.4 Å². The molecule has 0 amide bonds. The lowest BCUT2D eigenvalue weighted by Crippen LogP contribution is -2.28. The minimum atomic E-state index is -0.0163. The maximum atomic E-state index is 5.66. The lowest BCUT2D eigenvalue weighted by Gasteiger charge is -2.22. The number of rotatable bonds is 2. The van der Waals surface area contributed by atoms with E-state index in [1.54, 1.807) is 12.3 Å². The van der Waals surface area contributed by atoms with Gasteiger partial charge in [-0.3, -0.25) is 0 Å². The van der Waals surface area contributed by atoms with Gasteiger partial charge in [0.15, 0.2) is 0 Å². The van der Waals surface area contributed by atoms with E-state index in [0.29, 0.717) is 11.7 Å². The van der Waals surface area contributed by atoms with Gasteiger partial charge in [0.2, 0.25) is 0 Å². The third-order valence-corrected chi connectivity index (χ3v) is 2.24. The smallest absolute Gasteiger partial charge is 0.129 e. The molecule has 1 aromatic rings. The summed E-state index contributed by atoms with van der Waals surface area (Å²) in [7, 11) is 0. The maximum Gasteiger partial charge on any atom is 0.129 e. The van der Waals surface area contributed by atoms with Gasteiger partial charge in [-0.05, 0) is 11.6 Å². The van der Waals surface area contributed by atoms with Crippen LogP contribution in [0.25, 0.3) is 0 Å². The Kier molecular flexibility index (Phi) is 2.70. The fraction of sp³-hybridized carbons (Fsp3) is 0.444. The Morgan fingerprint density at radius 1 is 1.50 bits per heavy atom. The van der Waals surface area contributed by atoms with Gasteiger partial charge in [-0.1, -0.05) is 31.5 Å². The Hall–Kier alpha value is -0.600. The summed E-state index contributed by atoms with van der Waals surface area (Å²) < 4.78 is 0. The average molecular weight is 185 g/mol. The van der Waals surface area contributed by atoms with E-state index >= 15 is 0 Å². The molecule has 0 fully saturated rings. The van der Waals surface area contributed by atoms with Gasteiger partial charge in [0.25, 0.3) is 0 Å². The SMILES string of the molecule is CC(C)(CN)c1ccc(Cl)nc1. The van der Waals surface area contributed by atoms with Crippen molar-refractivity contribution in [2.24, 2.45) is 5.73 Å². The van der Waals surface area contributed by atoms with Crippen molar-refractivity contribution in [3.8, 4) is 0 Å². The zero-order valence-corrected chi connectivity index (χ0v) is 8.10. The Morgan fingerprint density at radius 2 is 2.17 bits per heavy atom. The van der Waals surface area contributed by atoms with Crippen LogP contribution in [0.3, 0.4) is 0 Å². The molecule has 0 aliphatic carbocycles. The number of nitrogens with zero attached hydrogens (tertiary/aromatic N) is 1. The summed E-state index contributed by atoms with van der Waals surface area (Å²) in [5, 5.41) is 0.520. The number of nitrogens with two attached hydrogens (primary N) is 1. The molecule has 0 aliphatic rings. The third-order valence-electron chi connectivity index (χ3n) is 2.02. The van der Waals surface area contributed by atoms with Crippen molar-refractivity contribution >= 4 is 11.6 Å². The number of halogens is 1. The second-order valence-electron chi connectivity index (χ2n) is 3.46. The summed E-state index contributed by atoms with van der Waals surface area (Å²) in [6.45, 7) is 4.77. The Bertz CT molecular complexity index is 254. The van der Waals surface area contributed by atoms with Crippen LogP contribution in [0.15, 0.2) is 18.3 Å². The molecule has 0 radical (unpaired) electrons. The summed E-state index contributed by atoms with van der Waals surface area (Å²) >= 11 is 5.66. The fourth-order valence-corrected chi connectivity index (χ4v) is 1.01. The van der Waals surface area contributed by atoms with E-state index in [1.807, 2.05) is 6.07 Å². The zero-order chi connectivity index (χ0) is 9.19. The molecular weight excluding hydrogens is 172 g/mol. The molecule has 2 N–H and O–H groups in total. The van der Waals surface area contributed by atoms with Crippen LogP contribution in [-0.2, 0) is 5.41 Å². The first-order valence-corrected chi connectivity index (χ1v) is 4.26. The minimum Gasteiger partial charge on any atom is -0.330 e. The van der Waals surface area contributed by atoms with Crippen molar-refractivity contribution in [3.63, 3.8) is 0 Å². The molecule has 0 unspecified atom stereocenters. The van der Waals surface area contributed by atoms with Crippen LogP contribution in [0.2, 0.25) is 5.15 Å². The van der Waals surface area contributed by atoms with E-state index in [1.165, 1.54) is 0 Å². The topological polar surface area (TPSA) is 38.9 Å². The average Bonchev–Trinajstić information content (AvgIpc) is 2.05. The van der Waals surface area contributed by atoms with Crippen LogP contribution < -0.4 is 5.73 Å². The number of pyridine rings is 1. The molecule has 12 heavy (non-hydrogen) atoms. The van der Waals surface area contributed by atoms with Crippen molar-refractivity contribution in [2.45, 2.75) is 19.3 Å². The third kappa shape index (κ3) is 1.96. The Balaban J connectivity index is 2.96. The quantitative estimate of drug-likeness (QED) is 0.714. The van der Waals surface area contributed by atoms with Gasteiger partial charge >= 0.3 is 0 Å². The zero-order valence-electron chi connectivity index (χ0n) is 7.34. The molecule has 0 aliphatic heterocycles. The van der Waals surface area contributed by atoms with Crippen molar-refractivity contribution in [1.82, 2.24) is 4.98 Å². The fourth-order valence-electron chi connectivity index (χ4n) is 0.894. The largest absolute Gasteiger partial charge is 0.330 e. The summed E-state index contributed by atoms with van der Waals surface area (Å²) in [5.41, 5.74) is 6.72. The molecule has 0 atom stereocenters. The van der Waals surface area contributed by atoms with Gasteiger partial charge in [0.05, 0.1) is 0 Å². The highest BCUT2D eigenvalue weighted by molar-refractivity contribution is 6.29. The van der Waals surface area contributed by atoms with Crippen molar-refractivity contribution in [2.75, 3.05) is 6.54 Å². The molecule has 3 heteroatoms. The lowest BCUT2D eigenvalue weighted by atomic mass is 9.86. The van der Waals surface area contributed by atoms with Gasteiger partial charge in [-0.2, -0.15) is 0 Å². The highest BCUT2D eigenvalue weighted by Crippen LogP contribution is 2.21. The first kappa shape index (κ1) is 9.49. The minimum absolute atomic E-state index is 0.0163. The first-order chi connectivity index (χ1) is 5.56. The summed E-state index contributed by atoms with van der Waals surface area (Å²) in [5.74, 6) is 0. The maximum absolute atomic E-state index is 5.66. The molecular formula is C9H13ClN2. The molecule has 1 aromatic heterocycles. The van der Waals surface area contributed by atoms with Crippen LogP contribution >= 0.6 is 11.6 Å². The van der Waals surface area contributed by atoms with E-state index in [2.05, 4.69) is 18.8 Å². The molecule has 1 heterocycles. The van der Waals surface area contributed by atoms with E-state index in [-0.39, 0.29) is 5.41 Å². The summed E-state index contributed by atoms with van der Waals surface area (Å²) in [6.07, 6.45) is 1.77. The second-order valence-corrected chi connectivity index (χ2v) is 3.84. The Morgan fingerprint density at radius 3 is 2.58 bits per heavy atom. The number of hydrogen-bond donors (Lipinski definition) is 1. The van der Waals surface area contributed by atoms with E-state index in [4.69, 9.17) is 17.3 Å². The van der Waals surface area contributed by atoms with Crippen LogP contribution in [-0.4, -0.2) is 11.5 Å². The van der Waals surface area contributed by atoms with Crippen molar-refractivity contribution < 1.29 is 0 Å². The lowest BCUT2D eigenvalue weighted by molar-refractivity contribution is 0.537. The molecule has 1 rings (SSSR count). The van der Waals surface area contributed by atoms with E-state index in [0.717, 1.165) is 5.56 Å². The molecule has 0 saturated carbocycles. The number of aromatic nitrogens is 1. The van der Waals surface area contributed by atoms with Gasteiger partial charge in [-0.25, -0.2) is 4.98 Å². The number of hydrogen-bond acceptors (Lipinski definition) is 2. The van der Waals surface area contributed by atoms with Gasteiger partial charge in [0, 0.05) is 18.2 Å². The molecule has 0 spiro atoms. The predicted molar refractivity (Wildman–Crippen MR) is 51.3 cm³/mol. The predicted octanol–water partition coefficient (Wildman–Crippen LogP) is 1.97. The van der Waals surface area contributed by atoms with Crippen LogP contribution in [0.4, 0.5) is 0 Å². The Labute approximate surface area is 77.8 Å². The standard InChI is InChI=1S/C9H13ClN2/c1-9(2,6-11)7-3-4-8(10)12-5-7/h3-5H,6,11H2,1-2H3. The normalized spacial score (nSPS) is 11.7. The highest BCUT2D eigenvalue weighted by atomic mass is 35.5. The van der Waals surface area contributed by atoms with E-state index < -0.39 is 0 Å². The molecule has 0 bridgehead atoms. The van der Waals surface area contributed by atoms with Gasteiger partial charge in [-0.15, -0.1) is 0 Å². The molecule has 2 nitrogen and oxygen atoms in total. The van der Waals surface area contributed by atoms with Crippen LogP contribution in [0.5, 0.6) is 0 Å². The van der Waals surface area contributed by atoms with Crippen LogP contribution in [0, 0.1) is 0 Å². The van der Waals surface area contributed by atoms with Crippen molar-refractivity contribution in [1.29, 1.82) is 0 Å². The van der Waals surface area contributed by atoms with Gasteiger partial charge in [0.1, 0.15) is 5.15 Å². The first-order valence-electron chi connectivity index (χ1n) is 3.88. The van der Waals surface area contributed by atoms with Gasteiger partial charge < -0.3 is 5.73 Å². The summed E-state index contributed by atoms with van der Waals surface area (Å²) in [6, 6.07) is 3.75. The second kappa shape index (κ2) is 3.42. The molecule has 0 saturated heterocycles. The monoisotopic (exact) mass is 184 g/mol. The molecule has 0 aromatic carbocycles. The van der Waals surface area contributed by atoms with E-state index in [9.17, 15) is 0 Å². The highest BCUT2D eigenvalue weighted by Gasteiger charge is 2.18.